The molecule has 1 fully saturated rings. The van der Waals surface area contributed by atoms with Gasteiger partial charge in [0.25, 0.3) is 11.5 Å². The van der Waals surface area contributed by atoms with Gasteiger partial charge < -0.3 is 9.88 Å². The highest BCUT2D eigenvalue weighted by atomic mass is 16.2. The number of rotatable bonds is 4. The van der Waals surface area contributed by atoms with Gasteiger partial charge in [0.15, 0.2) is 0 Å². The summed E-state index contributed by atoms with van der Waals surface area (Å²) in [6, 6.07) is 13.4. The monoisotopic (exact) mass is 310 g/mol. The van der Waals surface area contributed by atoms with Gasteiger partial charge in [-0.15, -0.1) is 0 Å². The number of carbonyl (C=O) groups excluding carboxylic acids is 1. The molecule has 1 aromatic carbocycles. The first-order chi connectivity index (χ1) is 11.2. The minimum atomic E-state index is -0.246. The topological polar surface area (TPSA) is 51.1 Å². The average molecular weight is 310 g/mol. The van der Waals surface area contributed by atoms with Crippen LogP contribution in [0.3, 0.4) is 0 Å². The van der Waals surface area contributed by atoms with E-state index in [1.165, 1.54) is 6.42 Å². The van der Waals surface area contributed by atoms with Crippen LogP contribution < -0.4 is 10.9 Å². The van der Waals surface area contributed by atoms with Gasteiger partial charge in [-0.3, -0.25) is 9.59 Å². The Bertz CT molecular complexity index is 716. The van der Waals surface area contributed by atoms with Crippen molar-refractivity contribution in [3.8, 4) is 0 Å². The molecule has 3 rings (SSSR count). The van der Waals surface area contributed by atoms with Crippen LogP contribution in [-0.4, -0.2) is 16.5 Å². The molecule has 0 spiro atoms. The van der Waals surface area contributed by atoms with Gasteiger partial charge in [0.2, 0.25) is 0 Å². The Morgan fingerprint density at radius 3 is 2.52 bits per heavy atom. The summed E-state index contributed by atoms with van der Waals surface area (Å²) in [4.78, 5) is 25.0. The van der Waals surface area contributed by atoms with E-state index in [2.05, 4.69) is 5.32 Å². The number of nitrogens with zero attached hydrogens (tertiary/aromatic N) is 1. The van der Waals surface area contributed by atoms with Crippen molar-refractivity contribution < 1.29 is 4.79 Å². The second kappa shape index (κ2) is 7.27. The lowest BCUT2D eigenvalue weighted by Gasteiger charge is -2.22. The van der Waals surface area contributed by atoms with Crippen LogP contribution in [-0.2, 0) is 6.54 Å². The van der Waals surface area contributed by atoms with E-state index in [4.69, 9.17) is 0 Å². The number of hydrogen-bond acceptors (Lipinski definition) is 2. The second-order valence-corrected chi connectivity index (χ2v) is 6.15. The molecular formula is C19H22N2O2. The number of benzene rings is 1. The Kier molecular flexibility index (Phi) is 4.91. The van der Waals surface area contributed by atoms with Gasteiger partial charge in [0, 0.05) is 12.2 Å². The van der Waals surface area contributed by atoms with E-state index in [9.17, 15) is 9.59 Å². The zero-order valence-electron chi connectivity index (χ0n) is 13.2. The van der Waals surface area contributed by atoms with Gasteiger partial charge >= 0.3 is 0 Å². The molecule has 1 amide bonds. The quantitative estimate of drug-likeness (QED) is 0.944. The molecule has 0 radical (unpaired) electrons. The Labute approximate surface area is 136 Å². The van der Waals surface area contributed by atoms with E-state index in [0.717, 1.165) is 31.2 Å². The Morgan fingerprint density at radius 1 is 1.04 bits per heavy atom. The first-order valence-corrected chi connectivity index (χ1v) is 8.28. The molecule has 23 heavy (non-hydrogen) atoms. The fourth-order valence-electron chi connectivity index (χ4n) is 3.12. The lowest BCUT2D eigenvalue weighted by molar-refractivity contribution is 0.0925. The predicted molar refractivity (Wildman–Crippen MR) is 90.6 cm³/mol. The lowest BCUT2D eigenvalue weighted by atomic mass is 9.95. The minimum Gasteiger partial charge on any atom is -0.349 e. The normalized spacial score (nSPS) is 15.3. The summed E-state index contributed by atoms with van der Waals surface area (Å²) in [5, 5.41) is 3.01. The van der Waals surface area contributed by atoms with Gasteiger partial charge in [0.05, 0.1) is 6.54 Å². The van der Waals surface area contributed by atoms with Crippen molar-refractivity contribution in [3.05, 3.63) is 70.1 Å². The van der Waals surface area contributed by atoms with Crippen LogP contribution in [0.2, 0.25) is 0 Å². The van der Waals surface area contributed by atoms with E-state index in [-0.39, 0.29) is 23.1 Å². The third kappa shape index (κ3) is 3.89. The molecule has 0 aliphatic heterocycles. The van der Waals surface area contributed by atoms with Crippen molar-refractivity contribution in [3.63, 3.8) is 0 Å². The first kappa shape index (κ1) is 15.5. The van der Waals surface area contributed by atoms with Crippen LogP contribution in [0, 0.1) is 0 Å². The molecule has 4 nitrogen and oxygen atoms in total. The molecule has 1 aliphatic rings. The number of hydrogen-bond donors (Lipinski definition) is 1. The number of nitrogens with one attached hydrogen (secondary N) is 1. The van der Waals surface area contributed by atoms with Crippen LogP contribution in [0.15, 0.2) is 53.5 Å². The summed E-state index contributed by atoms with van der Waals surface area (Å²) in [5.74, 6) is -0.246. The van der Waals surface area contributed by atoms with Crippen LogP contribution in [0.5, 0.6) is 0 Å². The highest BCUT2D eigenvalue weighted by Crippen LogP contribution is 2.17. The van der Waals surface area contributed by atoms with Crippen LogP contribution >= 0.6 is 0 Å². The van der Waals surface area contributed by atoms with Crippen molar-refractivity contribution in [1.82, 2.24) is 9.88 Å². The smallest absolute Gasteiger partial charge is 0.263 e. The highest BCUT2D eigenvalue weighted by Gasteiger charge is 2.18. The molecule has 0 saturated heterocycles. The predicted octanol–water partition coefficient (Wildman–Crippen LogP) is 2.96. The number of aromatic nitrogens is 1. The van der Waals surface area contributed by atoms with Crippen molar-refractivity contribution in [1.29, 1.82) is 0 Å². The van der Waals surface area contributed by atoms with Gasteiger partial charge in [-0.25, -0.2) is 0 Å². The van der Waals surface area contributed by atoms with Crippen molar-refractivity contribution in [2.24, 2.45) is 0 Å². The summed E-state index contributed by atoms with van der Waals surface area (Å²) >= 11 is 0. The van der Waals surface area contributed by atoms with Crippen molar-refractivity contribution in [2.75, 3.05) is 0 Å². The third-order valence-corrected chi connectivity index (χ3v) is 4.40. The molecule has 0 bridgehead atoms. The molecule has 1 aliphatic carbocycles. The van der Waals surface area contributed by atoms with Crippen molar-refractivity contribution >= 4 is 5.91 Å². The fraction of sp³-hybridized carbons (Fsp3) is 0.368. The summed E-state index contributed by atoms with van der Waals surface area (Å²) in [7, 11) is 0. The summed E-state index contributed by atoms with van der Waals surface area (Å²) in [5.41, 5.74) is 1.04. The standard InChI is InChI=1S/C19H22N2O2/c22-18(20-16-10-5-2-6-11-16)17-12-7-13-21(19(17)23)14-15-8-3-1-4-9-15/h1,3-4,7-9,12-13,16H,2,5-6,10-11,14H2,(H,20,22). The van der Waals surface area contributed by atoms with Gasteiger partial charge in [-0.1, -0.05) is 49.6 Å². The Balaban J connectivity index is 1.76. The van der Waals surface area contributed by atoms with Gasteiger partial charge in [0.1, 0.15) is 5.56 Å². The lowest BCUT2D eigenvalue weighted by Crippen LogP contribution is -2.39. The zero-order valence-corrected chi connectivity index (χ0v) is 13.2. The van der Waals surface area contributed by atoms with Crippen molar-refractivity contribution in [2.45, 2.75) is 44.7 Å². The molecule has 2 aromatic rings. The maximum Gasteiger partial charge on any atom is 0.263 e. The van der Waals surface area contributed by atoms with Crippen LogP contribution in [0.1, 0.15) is 48.0 Å². The zero-order chi connectivity index (χ0) is 16.1. The molecular weight excluding hydrogens is 288 g/mol. The van der Waals surface area contributed by atoms with Crippen LogP contribution in [0.25, 0.3) is 0 Å². The molecule has 0 unspecified atom stereocenters. The maximum atomic E-state index is 12.6. The van der Waals surface area contributed by atoms with E-state index >= 15 is 0 Å². The van der Waals surface area contributed by atoms with E-state index in [1.54, 1.807) is 22.9 Å². The van der Waals surface area contributed by atoms with Crippen LogP contribution in [0.4, 0.5) is 0 Å². The minimum absolute atomic E-state index is 0.207. The molecule has 4 heteroatoms. The molecule has 1 saturated carbocycles. The van der Waals surface area contributed by atoms with E-state index in [1.807, 2.05) is 30.3 Å². The summed E-state index contributed by atoms with van der Waals surface area (Å²) in [6.45, 7) is 0.476. The summed E-state index contributed by atoms with van der Waals surface area (Å²) in [6.07, 6.45) is 7.29. The first-order valence-electron chi connectivity index (χ1n) is 8.28. The second-order valence-electron chi connectivity index (χ2n) is 6.15. The molecule has 0 atom stereocenters. The molecule has 1 heterocycles. The van der Waals surface area contributed by atoms with E-state index in [0.29, 0.717) is 6.54 Å². The SMILES string of the molecule is O=C(NC1CCCCC1)c1cccn(Cc2ccccc2)c1=O. The number of carbonyl (C=O) groups is 1. The van der Waals surface area contributed by atoms with Gasteiger partial charge in [-0.05, 0) is 30.5 Å². The summed E-state index contributed by atoms with van der Waals surface area (Å²) < 4.78 is 1.59. The van der Waals surface area contributed by atoms with Gasteiger partial charge in [-0.2, -0.15) is 0 Å². The third-order valence-electron chi connectivity index (χ3n) is 4.40. The molecule has 1 aromatic heterocycles. The Morgan fingerprint density at radius 2 is 1.78 bits per heavy atom. The number of amides is 1. The Hall–Kier alpha value is -2.36. The van der Waals surface area contributed by atoms with E-state index < -0.39 is 0 Å². The average Bonchev–Trinajstić information content (AvgIpc) is 2.58. The number of pyridine rings is 1. The fourth-order valence-corrected chi connectivity index (χ4v) is 3.12. The molecule has 1 N–H and O–H groups in total. The largest absolute Gasteiger partial charge is 0.349 e. The molecule has 120 valence electrons. The maximum absolute atomic E-state index is 12.6. The highest BCUT2D eigenvalue weighted by molar-refractivity contribution is 5.94.